The molecule has 0 amide bonds. The average Bonchev–Trinajstić information content (AvgIpc) is 3.17. The Hall–Kier alpha value is 0.814. The molecule has 298 valence electrons. The van der Waals surface area contributed by atoms with Gasteiger partial charge in [-0.05, 0) is 75.4 Å². The summed E-state index contributed by atoms with van der Waals surface area (Å²) in [6.07, 6.45) is 19.2. The highest BCUT2D eigenvalue weighted by Gasteiger charge is 2.48. The standard InChI is InChI=1S/C40H70O4S6Si2/c1-7-11-15-25-33-41-51(39-29-21-19-22-30-39,42-34-26-16-12-8-2)37(5)45-47-49-50-48-46-38(6)52(40-31-23-20-24-32-40,43-35-27-17-13-9-3)44-36-28-18-14-10-4/h19-24,29-32,37-38H,7-18,25-28,33-36H2,1-6H3. The van der Waals surface area contributed by atoms with Gasteiger partial charge in [0.1, 0.15) is 0 Å². The minimum Gasteiger partial charge on any atom is -0.390 e. The monoisotopic (exact) mass is 862 g/mol. The molecule has 0 fully saturated rings. The Morgan fingerprint density at radius 2 is 0.692 bits per heavy atom. The van der Waals surface area contributed by atoms with E-state index in [4.69, 9.17) is 17.7 Å². The molecule has 0 N–H and O–H groups in total. The Bertz CT molecular complexity index is 981. The third-order valence-electron chi connectivity index (χ3n) is 9.13. The lowest BCUT2D eigenvalue weighted by Crippen LogP contribution is -2.61. The summed E-state index contributed by atoms with van der Waals surface area (Å²) >= 11 is 0. The smallest absolute Gasteiger partial charge is 0.386 e. The molecule has 2 atom stereocenters. The van der Waals surface area contributed by atoms with E-state index in [9.17, 15) is 0 Å². The van der Waals surface area contributed by atoms with Gasteiger partial charge in [-0.3, -0.25) is 0 Å². The van der Waals surface area contributed by atoms with Gasteiger partial charge in [0.25, 0.3) is 0 Å². The van der Waals surface area contributed by atoms with E-state index < -0.39 is 17.1 Å². The molecule has 2 unspecified atom stereocenters. The summed E-state index contributed by atoms with van der Waals surface area (Å²) in [4.78, 5) is 0.476. The number of hydrogen-bond acceptors (Lipinski definition) is 10. The molecule has 4 nitrogen and oxygen atoms in total. The molecule has 0 spiro atoms. The maximum absolute atomic E-state index is 6.96. The molecule has 0 aliphatic heterocycles. The van der Waals surface area contributed by atoms with Gasteiger partial charge in [-0.25, -0.2) is 0 Å². The Morgan fingerprint density at radius 1 is 0.404 bits per heavy atom. The maximum atomic E-state index is 6.96. The van der Waals surface area contributed by atoms with Crippen LogP contribution in [-0.4, -0.2) is 53.3 Å². The van der Waals surface area contributed by atoms with Crippen LogP contribution >= 0.6 is 60.9 Å². The van der Waals surface area contributed by atoms with Crippen molar-refractivity contribution in [1.82, 2.24) is 0 Å². The molecule has 12 heteroatoms. The van der Waals surface area contributed by atoms with Gasteiger partial charge < -0.3 is 17.7 Å². The van der Waals surface area contributed by atoms with Crippen molar-refractivity contribution in [2.24, 2.45) is 0 Å². The van der Waals surface area contributed by atoms with Crippen molar-refractivity contribution in [3.05, 3.63) is 60.7 Å². The van der Waals surface area contributed by atoms with Crippen LogP contribution in [0.25, 0.3) is 0 Å². The van der Waals surface area contributed by atoms with Crippen LogP contribution in [0.5, 0.6) is 0 Å². The van der Waals surface area contributed by atoms with Crippen molar-refractivity contribution in [1.29, 1.82) is 0 Å². The van der Waals surface area contributed by atoms with Crippen LogP contribution in [0.1, 0.15) is 144 Å². The molecule has 2 aromatic carbocycles. The van der Waals surface area contributed by atoms with E-state index in [1.165, 1.54) is 87.4 Å². The molecule has 0 aliphatic carbocycles. The molecule has 0 aliphatic rings. The fraction of sp³-hybridized carbons (Fsp3) is 0.700. The fourth-order valence-electron chi connectivity index (χ4n) is 6.01. The Labute approximate surface area is 344 Å². The summed E-state index contributed by atoms with van der Waals surface area (Å²) in [5.41, 5.74) is 0. The van der Waals surface area contributed by atoms with Gasteiger partial charge in [0.15, 0.2) is 0 Å². The summed E-state index contributed by atoms with van der Waals surface area (Å²) in [5.74, 6) is 0. The predicted octanol–water partition coefficient (Wildman–Crippen LogP) is 13.9. The average molecular weight is 864 g/mol. The van der Waals surface area contributed by atoms with Gasteiger partial charge >= 0.3 is 17.1 Å². The highest BCUT2D eigenvalue weighted by atomic mass is 33.9. The van der Waals surface area contributed by atoms with Crippen molar-refractivity contribution in [2.45, 2.75) is 154 Å². The van der Waals surface area contributed by atoms with Gasteiger partial charge in [-0.2, -0.15) is 0 Å². The molecule has 2 aromatic rings. The zero-order valence-corrected chi connectivity index (χ0v) is 40.1. The van der Waals surface area contributed by atoms with Crippen LogP contribution in [0.3, 0.4) is 0 Å². The van der Waals surface area contributed by atoms with E-state index in [1.54, 1.807) is 0 Å². The van der Waals surface area contributed by atoms with Crippen LogP contribution in [-0.2, 0) is 17.7 Å². The zero-order chi connectivity index (χ0) is 37.6. The van der Waals surface area contributed by atoms with Gasteiger partial charge in [0.05, 0.1) is 9.75 Å². The Kier molecular flexibility index (Phi) is 30.0. The molecule has 52 heavy (non-hydrogen) atoms. The summed E-state index contributed by atoms with van der Waals surface area (Å²) in [5, 5.41) is 2.51. The van der Waals surface area contributed by atoms with Crippen molar-refractivity contribution in [2.75, 3.05) is 26.4 Å². The first-order chi connectivity index (χ1) is 25.5. The van der Waals surface area contributed by atoms with E-state index >= 15 is 0 Å². The van der Waals surface area contributed by atoms with Crippen molar-refractivity contribution >= 4 is 88.4 Å². The van der Waals surface area contributed by atoms with Crippen LogP contribution in [0.15, 0.2) is 60.7 Å². The third kappa shape index (κ3) is 18.8. The molecule has 0 saturated carbocycles. The molecular weight excluding hydrogens is 793 g/mol. The van der Waals surface area contributed by atoms with Crippen LogP contribution in [0.2, 0.25) is 0 Å². The second-order valence-electron chi connectivity index (χ2n) is 13.5. The molecule has 0 saturated heterocycles. The normalized spacial score (nSPS) is 13.4. The van der Waals surface area contributed by atoms with Crippen LogP contribution in [0.4, 0.5) is 0 Å². The summed E-state index contributed by atoms with van der Waals surface area (Å²) < 4.78 is 27.8. The number of unbranched alkanes of at least 4 members (excludes halogenated alkanes) is 12. The highest BCUT2D eigenvalue weighted by Crippen LogP contribution is 2.55. The summed E-state index contributed by atoms with van der Waals surface area (Å²) in [6, 6.07) is 21.7. The first-order valence-electron chi connectivity index (χ1n) is 20.2. The first-order valence-corrected chi connectivity index (χ1v) is 31.6. The van der Waals surface area contributed by atoms with Crippen LogP contribution < -0.4 is 10.4 Å². The lowest BCUT2D eigenvalue weighted by atomic mass is 10.2. The van der Waals surface area contributed by atoms with E-state index in [0.29, 0.717) is 0 Å². The van der Waals surface area contributed by atoms with E-state index in [0.717, 1.165) is 52.1 Å². The van der Waals surface area contributed by atoms with Gasteiger partial charge in [-0.15, -0.1) is 0 Å². The molecular formula is C40H70O4S6Si2. The SMILES string of the molecule is CCCCCCO[Si](OCCCCCC)(c1ccccc1)C(C)SSSSSSC(C)[Si](OCCCCCC)(OCCCCCC)c1ccccc1. The van der Waals surface area contributed by atoms with E-state index in [2.05, 4.69) is 102 Å². The van der Waals surface area contributed by atoms with Gasteiger partial charge in [-0.1, -0.05) is 201 Å². The molecule has 0 heterocycles. The molecule has 2 rings (SSSR count). The minimum absolute atomic E-state index is 0.238. The topological polar surface area (TPSA) is 36.9 Å². The molecule has 0 aromatic heterocycles. The van der Waals surface area contributed by atoms with Crippen molar-refractivity contribution in [3.8, 4) is 0 Å². The lowest BCUT2D eigenvalue weighted by molar-refractivity contribution is 0.172. The summed E-state index contributed by atoms with van der Waals surface area (Å²) in [7, 11) is 5.84. The quantitative estimate of drug-likeness (QED) is 0.0380. The first kappa shape index (κ1) is 49.0. The van der Waals surface area contributed by atoms with E-state index in [1.807, 2.05) is 60.9 Å². The number of hydrogen-bond donors (Lipinski definition) is 0. The van der Waals surface area contributed by atoms with Crippen LogP contribution in [0, 0.1) is 0 Å². The number of benzene rings is 2. The zero-order valence-electron chi connectivity index (χ0n) is 33.2. The van der Waals surface area contributed by atoms with Gasteiger partial charge in [0, 0.05) is 26.4 Å². The Balaban J connectivity index is 2.08. The predicted molar refractivity (Wildman–Crippen MR) is 249 cm³/mol. The number of rotatable bonds is 35. The third-order valence-corrected chi connectivity index (χ3v) is 30.7. The summed E-state index contributed by atoms with van der Waals surface area (Å²) in [6.45, 7) is 16.8. The molecule has 0 radical (unpaired) electrons. The maximum Gasteiger partial charge on any atom is 0.386 e. The second kappa shape index (κ2) is 31.8. The van der Waals surface area contributed by atoms with Crippen molar-refractivity contribution in [3.63, 3.8) is 0 Å². The highest BCUT2D eigenvalue weighted by molar-refractivity contribution is 9.42. The largest absolute Gasteiger partial charge is 0.390 e. The fourth-order valence-corrected chi connectivity index (χ4v) is 30.0. The minimum atomic E-state index is -2.71. The lowest BCUT2D eigenvalue weighted by Gasteiger charge is -2.35. The second-order valence-corrected chi connectivity index (χ2v) is 31.0. The Morgan fingerprint density at radius 3 is 0.962 bits per heavy atom. The van der Waals surface area contributed by atoms with Gasteiger partial charge in [0.2, 0.25) is 0 Å². The molecule has 0 bridgehead atoms. The van der Waals surface area contributed by atoms with Crippen molar-refractivity contribution < 1.29 is 17.7 Å². The van der Waals surface area contributed by atoms with E-state index in [-0.39, 0.29) is 9.75 Å².